The standard InChI is InChI=1S/C17H26F2INOSi/c1-10(2)23(11(3)4,12(5)6)21-9-13(20)15-14(21)7-8-17(18,19)16(15)22/h9-12H,7-8H2,1-6H3. The van der Waals surface area contributed by atoms with Gasteiger partial charge in [0.1, 0.15) is 0 Å². The summed E-state index contributed by atoms with van der Waals surface area (Å²) in [6.45, 7) is 13.4. The highest BCUT2D eigenvalue weighted by Crippen LogP contribution is 2.46. The van der Waals surface area contributed by atoms with Gasteiger partial charge in [-0.05, 0) is 45.6 Å². The molecule has 1 aliphatic rings. The van der Waals surface area contributed by atoms with Crippen LogP contribution in [0.5, 0.6) is 0 Å². The van der Waals surface area contributed by atoms with Crippen LogP contribution in [-0.4, -0.2) is 24.2 Å². The summed E-state index contributed by atoms with van der Waals surface area (Å²) in [6.07, 6.45) is 1.91. The minimum Gasteiger partial charge on any atom is -0.375 e. The Balaban J connectivity index is 2.75. The molecule has 0 N–H and O–H groups in total. The van der Waals surface area contributed by atoms with E-state index in [1.54, 1.807) is 0 Å². The Bertz CT molecular complexity index is 601. The molecule has 0 fully saturated rings. The van der Waals surface area contributed by atoms with E-state index in [4.69, 9.17) is 0 Å². The average Bonchev–Trinajstić information content (AvgIpc) is 2.71. The van der Waals surface area contributed by atoms with Gasteiger partial charge in [-0.15, -0.1) is 0 Å². The molecule has 0 aromatic carbocycles. The fourth-order valence-electron chi connectivity index (χ4n) is 4.75. The Hall–Kier alpha value is -0.243. The van der Waals surface area contributed by atoms with Crippen molar-refractivity contribution in [2.75, 3.05) is 0 Å². The Labute approximate surface area is 152 Å². The number of hydrogen-bond donors (Lipinski definition) is 0. The average molecular weight is 453 g/mol. The van der Waals surface area contributed by atoms with Crippen molar-refractivity contribution in [2.24, 2.45) is 0 Å². The van der Waals surface area contributed by atoms with Gasteiger partial charge in [0.05, 0.1) is 5.56 Å². The first kappa shape index (κ1) is 19.1. The normalized spacial score (nSPS) is 18.2. The minimum absolute atomic E-state index is 0.278. The lowest BCUT2D eigenvalue weighted by molar-refractivity contribution is 0.00168. The van der Waals surface area contributed by atoms with Crippen LogP contribution in [-0.2, 0) is 6.42 Å². The van der Waals surface area contributed by atoms with Gasteiger partial charge in [-0.25, -0.2) is 0 Å². The molecule has 0 radical (unpaired) electrons. The summed E-state index contributed by atoms with van der Waals surface area (Å²) in [5.41, 5.74) is 2.53. The molecule has 23 heavy (non-hydrogen) atoms. The third-order valence-corrected chi connectivity index (χ3v) is 13.1. The minimum atomic E-state index is -3.21. The Morgan fingerprint density at radius 1 is 1.13 bits per heavy atom. The second-order valence-corrected chi connectivity index (χ2v) is 14.4. The molecule has 0 unspecified atom stereocenters. The SMILES string of the molecule is CC(C)[Si](C(C)C)(C(C)C)n1cc(I)c2c1CCC(F)(F)C2=O. The summed E-state index contributed by atoms with van der Waals surface area (Å²) in [6, 6.07) is 0. The van der Waals surface area contributed by atoms with Gasteiger partial charge in [0, 0.05) is 21.9 Å². The molecule has 0 spiro atoms. The van der Waals surface area contributed by atoms with E-state index in [-0.39, 0.29) is 18.4 Å². The highest BCUT2D eigenvalue weighted by Gasteiger charge is 2.51. The second kappa shape index (κ2) is 6.24. The number of fused-ring (bicyclic) bond motifs is 1. The fourth-order valence-corrected chi connectivity index (χ4v) is 12.6. The molecule has 0 aliphatic heterocycles. The number of carbonyl (C=O) groups is 1. The van der Waals surface area contributed by atoms with Crippen LogP contribution in [0.25, 0.3) is 0 Å². The fraction of sp³-hybridized carbons (Fsp3) is 0.706. The topological polar surface area (TPSA) is 22.0 Å². The number of hydrogen-bond acceptors (Lipinski definition) is 1. The molecule has 0 saturated carbocycles. The summed E-state index contributed by atoms with van der Waals surface area (Å²) < 4.78 is 30.8. The van der Waals surface area contributed by atoms with Gasteiger partial charge in [-0.3, -0.25) is 4.79 Å². The molecule has 1 heterocycles. The van der Waals surface area contributed by atoms with Crippen LogP contribution in [0.3, 0.4) is 0 Å². The van der Waals surface area contributed by atoms with E-state index in [1.807, 2.05) is 6.20 Å². The van der Waals surface area contributed by atoms with Crippen LogP contribution >= 0.6 is 22.6 Å². The van der Waals surface area contributed by atoms with Crippen LogP contribution in [0.1, 0.15) is 64.0 Å². The summed E-state index contributed by atoms with van der Waals surface area (Å²) in [7, 11) is -2.02. The number of rotatable bonds is 4. The van der Waals surface area contributed by atoms with Gasteiger partial charge in [0.25, 0.3) is 0 Å². The smallest absolute Gasteiger partial charge is 0.310 e. The molecule has 1 aromatic rings. The van der Waals surface area contributed by atoms with E-state index >= 15 is 0 Å². The monoisotopic (exact) mass is 453 g/mol. The van der Waals surface area contributed by atoms with Crippen molar-refractivity contribution in [1.82, 2.24) is 4.23 Å². The molecule has 1 aliphatic carbocycles. The molecular formula is C17H26F2INOSi. The molecule has 130 valence electrons. The molecule has 1 aromatic heterocycles. The van der Waals surface area contributed by atoms with Gasteiger partial charge >= 0.3 is 5.92 Å². The quantitative estimate of drug-likeness (QED) is 0.412. The van der Waals surface area contributed by atoms with Crippen molar-refractivity contribution >= 4 is 36.6 Å². The number of alkyl halides is 2. The van der Waals surface area contributed by atoms with Gasteiger partial charge in [0.15, 0.2) is 8.24 Å². The van der Waals surface area contributed by atoms with Gasteiger partial charge in [-0.2, -0.15) is 8.78 Å². The largest absolute Gasteiger partial charge is 0.375 e. The van der Waals surface area contributed by atoms with E-state index in [1.165, 1.54) is 0 Å². The van der Waals surface area contributed by atoms with Crippen LogP contribution in [0.4, 0.5) is 8.78 Å². The number of carbonyl (C=O) groups excluding carboxylic acids is 1. The summed E-state index contributed by atoms with van der Waals surface area (Å²) in [5.74, 6) is -4.20. The third kappa shape index (κ3) is 2.73. The molecule has 0 amide bonds. The van der Waals surface area contributed by atoms with E-state index in [0.717, 1.165) is 5.69 Å². The predicted molar refractivity (Wildman–Crippen MR) is 101 cm³/mol. The molecule has 2 nitrogen and oxygen atoms in total. The van der Waals surface area contributed by atoms with Crippen molar-refractivity contribution in [3.05, 3.63) is 21.0 Å². The molecule has 2 rings (SSSR count). The lowest BCUT2D eigenvalue weighted by atomic mass is 9.93. The predicted octanol–water partition coefficient (Wildman–Crippen LogP) is 5.88. The Morgan fingerprint density at radius 2 is 1.61 bits per heavy atom. The zero-order valence-electron chi connectivity index (χ0n) is 14.7. The molecule has 0 atom stereocenters. The first-order chi connectivity index (χ1) is 10.5. The van der Waals surface area contributed by atoms with Crippen molar-refractivity contribution in [1.29, 1.82) is 0 Å². The van der Waals surface area contributed by atoms with Crippen molar-refractivity contribution in [2.45, 2.75) is 76.9 Å². The molecule has 0 bridgehead atoms. The summed E-state index contributed by atoms with van der Waals surface area (Å²) in [4.78, 5) is 12.3. The van der Waals surface area contributed by atoms with Crippen molar-refractivity contribution < 1.29 is 13.6 Å². The van der Waals surface area contributed by atoms with Crippen LogP contribution in [0, 0.1) is 3.57 Å². The first-order valence-corrected chi connectivity index (χ1v) is 11.6. The third-order valence-electron chi connectivity index (χ3n) is 5.49. The first-order valence-electron chi connectivity index (χ1n) is 8.30. The highest BCUT2D eigenvalue weighted by molar-refractivity contribution is 14.1. The lowest BCUT2D eigenvalue weighted by Gasteiger charge is -2.45. The van der Waals surface area contributed by atoms with Crippen molar-refractivity contribution in [3.63, 3.8) is 0 Å². The maximum absolute atomic E-state index is 13.9. The second-order valence-electron chi connectivity index (χ2n) is 7.55. The van der Waals surface area contributed by atoms with Gasteiger partial charge in [-0.1, -0.05) is 41.5 Å². The highest BCUT2D eigenvalue weighted by atomic mass is 127. The van der Waals surface area contributed by atoms with E-state index < -0.39 is 19.9 Å². The maximum atomic E-state index is 13.9. The van der Waals surface area contributed by atoms with Crippen molar-refractivity contribution in [3.8, 4) is 0 Å². The Morgan fingerprint density at radius 3 is 2.04 bits per heavy atom. The number of nitrogens with zero attached hydrogens (tertiary/aromatic N) is 1. The van der Waals surface area contributed by atoms with Crippen LogP contribution < -0.4 is 0 Å². The molecule has 0 saturated heterocycles. The molecular weight excluding hydrogens is 427 g/mol. The number of ketones is 1. The Kier molecular flexibility index (Phi) is 5.18. The van der Waals surface area contributed by atoms with E-state index in [9.17, 15) is 13.6 Å². The van der Waals surface area contributed by atoms with Crippen LogP contribution in [0.15, 0.2) is 6.20 Å². The van der Waals surface area contributed by atoms with E-state index in [0.29, 0.717) is 20.2 Å². The van der Waals surface area contributed by atoms with Gasteiger partial charge in [0.2, 0.25) is 5.78 Å². The lowest BCUT2D eigenvalue weighted by Crippen LogP contribution is -2.53. The zero-order chi connectivity index (χ0) is 17.7. The molecule has 6 heteroatoms. The van der Waals surface area contributed by atoms with Gasteiger partial charge < -0.3 is 4.23 Å². The van der Waals surface area contributed by atoms with E-state index in [2.05, 4.69) is 68.4 Å². The van der Waals surface area contributed by atoms with Crippen LogP contribution in [0.2, 0.25) is 16.6 Å². The number of aromatic nitrogens is 1. The number of Topliss-reactive ketones (excluding diaryl/α,β-unsaturated/α-hetero) is 1. The zero-order valence-corrected chi connectivity index (χ0v) is 17.9. The maximum Gasteiger partial charge on any atom is 0.310 e. The summed E-state index contributed by atoms with van der Waals surface area (Å²) >= 11 is 2.05. The summed E-state index contributed by atoms with van der Waals surface area (Å²) in [5, 5.41) is 0. The number of halogens is 3.